The standard InChI is InChI=1S/C17H19N3O3S/c18-16(21)13-4-2-6-20(8-13)17(22)12-3-1-5-15(7-12)23-9-14-10-24-11-19-14/h1,3,5,7,10-11,13H,2,4,6,8-9H2,(H2,18,21)/t13-/m0/s1. The lowest BCUT2D eigenvalue weighted by atomic mass is 9.97. The number of aromatic nitrogens is 1. The molecule has 1 aliphatic heterocycles. The normalized spacial score (nSPS) is 17.5. The lowest BCUT2D eigenvalue weighted by molar-refractivity contribution is -0.123. The highest BCUT2D eigenvalue weighted by molar-refractivity contribution is 7.07. The predicted molar refractivity (Wildman–Crippen MR) is 90.7 cm³/mol. The summed E-state index contributed by atoms with van der Waals surface area (Å²) in [5, 5.41) is 1.92. The van der Waals surface area contributed by atoms with Crippen molar-refractivity contribution in [2.75, 3.05) is 13.1 Å². The minimum absolute atomic E-state index is 0.0972. The van der Waals surface area contributed by atoms with E-state index < -0.39 is 0 Å². The Balaban J connectivity index is 1.66. The number of ether oxygens (including phenoxy) is 1. The molecule has 126 valence electrons. The number of piperidine rings is 1. The van der Waals surface area contributed by atoms with Gasteiger partial charge in [-0.1, -0.05) is 6.07 Å². The minimum Gasteiger partial charge on any atom is -0.487 e. The van der Waals surface area contributed by atoms with Gasteiger partial charge in [-0.3, -0.25) is 9.59 Å². The number of rotatable bonds is 5. The average Bonchev–Trinajstić information content (AvgIpc) is 3.13. The summed E-state index contributed by atoms with van der Waals surface area (Å²) < 4.78 is 5.69. The van der Waals surface area contributed by atoms with Crippen molar-refractivity contribution in [2.45, 2.75) is 19.4 Å². The molecule has 0 radical (unpaired) electrons. The number of nitrogens with two attached hydrogens (primary N) is 1. The Morgan fingerprint density at radius 1 is 1.42 bits per heavy atom. The maximum atomic E-state index is 12.7. The summed E-state index contributed by atoms with van der Waals surface area (Å²) >= 11 is 1.51. The summed E-state index contributed by atoms with van der Waals surface area (Å²) in [5.74, 6) is -0.0722. The summed E-state index contributed by atoms with van der Waals surface area (Å²) in [6, 6.07) is 7.08. The van der Waals surface area contributed by atoms with Gasteiger partial charge in [0.2, 0.25) is 5.91 Å². The Morgan fingerprint density at radius 2 is 2.29 bits per heavy atom. The molecular weight excluding hydrogens is 326 g/mol. The summed E-state index contributed by atoms with van der Waals surface area (Å²) in [7, 11) is 0. The lowest BCUT2D eigenvalue weighted by Gasteiger charge is -2.31. The second kappa shape index (κ2) is 7.44. The number of carbonyl (C=O) groups excluding carboxylic acids is 2. The third kappa shape index (κ3) is 3.91. The van der Waals surface area contributed by atoms with Gasteiger partial charge in [0.15, 0.2) is 0 Å². The monoisotopic (exact) mass is 345 g/mol. The summed E-state index contributed by atoms with van der Waals surface area (Å²) in [6.07, 6.45) is 1.54. The quantitative estimate of drug-likeness (QED) is 0.899. The van der Waals surface area contributed by atoms with Crippen molar-refractivity contribution in [3.8, 4) is 5.75 Å². The first-order valence-electron chi connectivity index (χ1n) is 7.82. The third-order valence-corrected chi connectivity index (χ3v) is 4.70. The van der Waals surface area contributed by atoms with Crippen LogP contribution >= 0.6 is 11.3 Å². The first-order chi connectivity index (χ1) is 11.6. The molecule has 2 aromatic rings. The summed E-state index contributed by atoms with van der Waals surface area (Å²) in [4.78, 5) is 29.9. The number of thiazole rings is 1. The van der Waals surface area contributed by atoms with Crippen LogP contribution in [0.25, 0.3) is 0 Å². The van der Waals surface area contributed by atoms with E-state index in [2.05, 4.69) is 4.98 Å². The van der Waals surface area contributed by atoms with Crippen LogP contribution in [0.4, 0.5) is 0 Å². The Bertz CT molecular complexity index is 718. The van der Waals surface area contributed by atoms with E-state index in [0.29, 0.717) is 31.0 Å². The molecule has 1 aromatic carbocycles. The zero-order valence-corrected chi connectivity index (χ0v) is 14.0. The average molecular weight is 345 g/mol. The van der Waals surface area contributed by atoms with E-state index in [4.69, 9.17) is 10.5 Å². The number of hydrogen-bond acceptors (Lipinski definition) is 5. The summed E-state index contributed by atoms with van der Waals surface area (Å²) in [5.41, 5.74) is 8.54. The number of nitrogens with zero attached hydrogens (tertiary/aromatic N) is 2. The van der Waals surface area contributed by atoms with Gasteiger partial charge in [-0.25, -0.2) is 4.98 Å². The molecule has 0 unspecified atom stereocenters. The maximum absolute atomic E-state index is 12.7. The van der Waals surface area contributed by atoms with Gasteiger partial charge < -0.3 is 15.4 Å². The van der Waals surface area contributed by atoms with Gasteiger partial charge in [0.25, 0.3) is 5.91 Å². The summed E-state index contributed by atoms with van der Waals surface area (Å²) in [6.45, 7) is 1.40. The topological polar surface area (TPSA) is 85.5 Å². The maximum Gasteiger partial charge on any atom is 0.254 e. The van der Waals surface area contributed by atoms with E-state index in [-0.39, 0.29) is 17.7 Å². The van der Waals surface area contributed by atoms with E-state index in [1.807, 2.05) is 11.4 Å². The van der Waals surface area contributed by atoms with Crippen molar-refractivity contribution in [1.29, 1.82) is 0 Å². The van der Waals surface area contributed by atoms with Crippen molar-refractivity contribution in [3.05, 3.63) is 46.4 Å². The molecule has 2 N–H and O–H groups in total. The predicted octanol–water partition coefficient (Wildman–Crippen LogP) is 2.06. The van der Waals surface area contributed by atoms with Crippen molar-refractivity contribution < 1.29 is 14.3 Å². The largest absolute Gasteiger partial charge is 0.487 e. The van der Waals surface area contributed by atoms with Gasteiger partial charge in [-0.15, -0.1) is 11.3 Å². The zero-order chi connectivity index (χ0) is 16.9. The number of likely N-dealkylation sites (tertiary alicyclic amines) is 1. The van der Waals surface area contributed by atoms with Crippen molar-refractivity contribution in [3.63, 3.8) is 0 Å². The van der Waals surface area contributed by atoms with Gasteiger partial charge in [0, 0.05) is 24.0 Å². The molecule has 0 aliphatic carbocycles. The van der Waals surface area contributed by atoms with E-state index in [0.717, 1.165) is 18.5 Å². The van der Waals surface area contributed by atoms with Crippen LogP contribution in [0.1, 0.15) is 28.9 Å². The third-order valence-electron chi connectivity index (χ3n) is 4.06. The molecule has 1 atom stereocenters. The van der Waals surface area contributed by atoms with Crippen LogP contribution in [-0.4, -0.2) is 34.8 Å². The second-order valence-corrected chi connectivity index (χ2v) is 6.51. The molecule has 1 saturated heterocycles. The highest BCUT2D eigenvalue weighted by Crippen LogP contribution is 2.21. The number of benzene rings is 1. The van der Waals surface area contributed by atoms with Gasteiger partial charge in [-0.2, -0.15) is 0 Å². The molecule has 24 heavy (non-hydrogen) atoms. The molecule has 0 bridgehead atoms. The van der Waals surface area contributed by atoms with Crippen LogP contribution in [0, 0.1) is 5.92 Å². The fourth-order valence-corrected chi connectivity index (χ4v) is 3.30. The van der Waals surface area contributed by atoms with Crippen LogP contribution < -0.4 is 10.5 Å². The fourth-order valence-electron chi connectivity index (χ4n) is 2.76. The molecule has 6 nitrogen and oxygen atoms in total. The first kappa shape index (κ1) is 16.4. The molecule has 0 spiro atoms. The van der Waals surface area contributed by atoms with Gasteiger partial charge in [0.05, 0.1) is 17.1 Å². The first-order valence-corrected chi connectivity index (χ1v) is 8.76. The number of primary amides is 1. The van der Waals surface area contributed by atoms with Gasteiger partial charge >= 0.3 is 0 Å². The Labute approximate surface area is 144 Å². The highest BCUT2D eigenvalue weighted by Gasteiger charge is 2.27. The van der Waals surface area contributed by atoms with Crippen LogP contribution in [0.15, 0.2) is 35.2 Å². The molecule has 3 rings (SSSR count). The number of amides is 2. The molecule has 1 aliphatic rings. The van der Waals surface area contributed by atoms with E-state index in [1.165, 1.54) is 11.3 Å². The van der Waals surface area contributed by atoms with Gasteiger partial charge in [0.1, 0.15) is 12.4 Å². The van der Waals surface area contributed by atoms with Gasteiger partial charge in [-0.05, 0) is 31.0 Å². The van der Waals surface area contributed by atoms with Crippen LogP contribution in [0.2, 0.25) is 0 Å². The highest BCUT2D eigenvalue weighted by atomic mass is 32.1. The lowest BCUT2D eigenvalue weighted by Crippen LogP contribution is -2.44. The Hall–Kier alpha value is -2.41. The van der Waals surface area contributed by atoms with Crippen molar-refractivity contribution in [2.24, 2.45) is 11.7 Å². The number of carbonyl (C=O) groups is 2. The van der Waals surface area contributed by atoms with Crippen LogP contribution in [0.3, 0.4) is 0 Å². The minimum atomic E-state index is -0.340. The zero-order valence-electron chi connectivity index (χ0n) is 13.2. The Kier molecular flexibility index (Phi) is 5.10. The molecule has 2 amide bonds. The molecule has 2 heterocycles. The molecule has 7 heteroatoms. The molecule has 0 saturated carbocycles. The van der Waals surface area contributed by atoms with Crippen molar-refractivity contribution >= 4 is 23.2 Å². The fraction of sp³-hybridized carbons (Fsp3) is 0.353. The van der Waals surface area contributed by atoms with Crippen LogP contribution in [0.5, 0.6) is 5.75 Å². The van der Waals surface area contributed by atoms with E-state index in [9.17, 15) is 9.59 Å². The Morgan fingerprint density at radius 3 is 3.04 bits per heavy atom. The van der Waals surface area contributed by atoms with Crippen molar-refractivity contribution in [1.82, 2.24) is 9.88 Å². The molecule has 1 fully saturated rings. The van der Waals surface area contributed by atoms with E-state index >= 15 is 0 Å². The van der Waals surface area contributed by atoms with Crippen LogP contribution in [-0.2, 0) is 11.4 Å². The number of hydrogen-bond donors (Lipinski definition) is 1. The van der Waals surface area contributed by atoms with E-state index in [1.54, 1.807) is 28.6 Å². The SMILES string of the molecule is NC(=O)[C@H]1CCCN(C(=O)c2cccc(OCc3cscn3)c2)C1. The smallest absolute Gasteiger partial charge is 0.254 e. The molecular formula is C17H19N3O3S. The second-order valence-electron chi connectivity index (χ2n) is 5.79. The molecule has 1 aromatic heterocycles.